The number of hydrazone groups is 1. The zero-order valence-electron chi connectivity index (χ0n) is 12.2. The van der Waals surface area contributed by atoms with Gasteiger partial charge in [-0.2, -0.15) is 5.10 Å². The molecule has 1 aliphatic carbocycles. The molecule has 0 aromatic heterocycles. The summed E-state index contributed by atoms with van der Waals surface area (Å²) >= 11 is 0. The van der Waals surface area contributed by atoms with Crippen molar-refractivity contribution in [3.05, 3.63) is 47.5 Å². The number of nitrogens with two attached hydrogens (primary N) is 1. The second-order valence-corrected chi connectivity index (χ2v) is 4.76. The number of carbonyl (C=O) groups excluding carboxylic acids is 1. The van der Waals surface area contributed by atoms with Crippen LogP contribution in [0, 0.1) is 0 Å². The van der Waals surface area contributed by atoms with Gasteiger partial charge in [0.05, 0.1) is 19.9 Å². The molecule has 0 saturated carbocycles. The molecule has 0 unspecified atom stereocenters. The summed E-state index contributed by atoms with van der Waals surface area (Å²) in [6, 6.07) is 10.7. The van der Waals surface area contributed by atoms with Crippen molar-refractivity contribution in [2.75, 3.05) is 14.2 Å². The number of fused-ring (bicyclic) bond motifs is 3. The Morgan fingerprint density at radius 3 is 1.86 bits per heavy atom. The molecule has 0 atom stereocenters. The number of hydrogen-bond donors (Lipinski definition) is 2. The van der Waals surface area contributed by atoms with Gasteiger partial charge in [-0.1, -0.05) is 0 Å². The topological polar surface area (TPSA) is 85.9 Å². The number of methoxy groups -OCH3 is 2. The molecule has 0 saturated heterocycles. The molecule has 2 aromatic rings. The second-order valence-electron chi connectivity index (χ2n) is 4.76. The van der Waals surface area contributed by atoms with E-state index in [1.807, 2.05) is 36.4 Å². The Labute approximate surface area is 127 Å². The quantitative estimate of drug-likeness (QED) is 0.726. The first-order valence-corrected chi connectivity index (χ1v) is 6.64. The summed E-state index contributed by atoms with van der Waals surface area (Å²) in [6.07, 6.45) is 0. The van der Waals surface area contributed by atoms with Crippen LogP contribution in [-0.4, -0.2) is 26.0 Å². The zero-order valence-corrected chi connectivity index (χ0v) is 12.2. The molecule has 0 radical (unpaired) electrons. The number of nitrogens with zero attached hydrogens (tertiary/aromatic N) is 1. The summed E-state index contributed by atoms with van der Waals surface area (Å²) < 4.78 is 10.5. The molecule has 3 N–H and O–H groups in total. The lowest BCUT2D eigenvalue weighted by Gasteiger charge is -2.05. The van der Waals surface area contributed by atoms with Crippen LogP contribution in [0.15, 0.2) is 41.5 Å². The van der Waals surface area contributed by atoms with Gasteiger partial charge in [-0.3, -0.25) is 0 Å². The van der Waals surface area contributed by atoms with E-state index in [1.54, 1.807) is 14.2 Å². The molecule has 112 valence electrons. The van der Waals surface area contributed by atoms with Crippen LogP contribution in [0.5, 0.6) is 11.5 Å². The Hall–Kier alpha value is -3.02. The second kappa shape index (κ2) is 5.40. The van der Waals surface area contributed by atoms with Crippen molar-refractivity contribution in [3.63, 3.8) is 0 Å². The normalized spacial score (nSPS) is 11.5. The first-order chi connectivity index (χ1) is 10.6. The van der Waals surface area contributed by atoms with Gasteiger partial charge in [-0.05, 0) is 47.5 Å². The molecule has 0 bridgehead atoms. The molecule has 2 aromatic carbocycles. The van der Waals surface area contributed by atoms with Crippen LogP contribution in [0.3, 0.4) is 0 Å². The number of carbonyl (C=O) groups is 1. The van der Waals surface area contributed by atoms with Crippen LogP contribution >= 0.6 is 0 Å². The summed E-state index contributed by atoms with van der Waals surface area (Å²) in [4.78, 5) is 11.0. The highest BCUT2D eigenvalue weighted by Crippen LogP contribution is 2.40. The number of benzene rings is 2. The summed E-state index contributed by atoms with van der Waals surface area (Å²) in [5, 5.41) is 4.14. The number of primary amides is 1. The lowest BCUT2D eigenvalue weighted by Crippen LogP contribution is -2.25. The maximum absolute atomic E-state index is 11.0. The first kappa shape index (κ1) is 13.9. The molecule has 6 heteroatoms. The van der Waals surface area contributed by atoms with E-state index in [2.05, 4.69) is 10.5 Å². The highest BCUT2D eigenvalue weighted by atomic mass is 16.5. The fourth-order valence-corrected chi connectivity index (χ4v) is 2.54. The van der Waals surface area contributed by atoms with Crippen molar-refractivity contribution in [2.24, 2.45) is 10.8 Å². The van der Waals surface area contributed by atoms with Gasteiger partial charge < -0.3 is 15.2 Å². The van der Waals surface area contributed by atoms with E-state index in [1.165, 1.54) is 0 Å². The van der Waals surface area contributed by atoms with Crippen LogP contribution in [0.4, 0.5) is 4.79 Å². The minimum atomic E-state index is -0.715. The average Bonchev–Trinajstić information content (AvgIpc) is 2.84. The van der Waals surface area contributed by atoms with Gasteiger partial charge in [0.2, 0.25) is 0 Å². The van der Waals surface area contributed by atoms with E-state index in [9.17, 15) is 4.79 Å². The molecule has 6 nitrogen and oxygen atoms in total. The molecule has 3 rings (SSSR count). The average molecular weight is 297 g/mol. The minimum absolute atomic E-state index is 0.626. The molecule has 22 heavy (non-hydrogen) atoms. The van der Waals surface area contributed by atoms with Crippen LogP contribution in [0.25, 0.3) is 11.1 Å². The first-order valence-electron chi connectivity index (χ1n) is 6.64. The van der Waals surface area contributed by atoms with Crippen LogP contribution in [-0.2, 0) is 0 Å². The SMILES string of the molecule is COc1ccc2c(c1)C(=NNC(N)=O)c1cc(OC)ccc1-2. The monoisotopic (exact) mass is 297 g/mol. The standard InChI is InChI=1S/C16H15N3O3/c1-21-9-3-5-11-12-6-4-10(22-2)8-14(12)15(13(11)7-9)18-19-16(17)20/h3-8H,1-2H3,(H3,17,19,20). The van der Waals surface area contributed by atoms with Gasteiger partial charge >= 0.3 is 6.03 Å². The van der Waals surface area contributed by atoms with E-state index in [0.717, 1.165) is 22.3 Å². The fraction of sp³-hybridized carbons (Fsp3) is 0.125. The van der Waals surface area contributed by atoms with Crippen LogP contribution in [0.2, 0.25) is 0 Å². The van der Waals surface area contributed by atoms with Crippen molar-refractivity contribution in [1.29, 1.82) is 0 Å². The Balaban J connectivity index is 2.20. The molecule has 0 spiro atoms. The summed E-state index contributed by atoms with van der Waals surface area (Å²) in [6.45, 7) is 0. The molecule has 0 heterocycles. The summed E-state index contributed by atoms with van der Waals surface area (Å²) in [7, 11) is 3.21. The van der Waals surface area contributed by atoms with Crippen LogP contribution in [0.1, 0.15) is 11.1 Å². The molecule has 1 aliphatic rings. The van der Waals surface area contributed by atoms with Gasteiger partial charge in [0.15, 0.2) is 0 Å². The Morgan fingerprint density at radius 1 is 0.955 bits per heavy atom. The van der Waals surface area contributed by atoms with Crippen molar-refractivity contribution < 1.29 is 14.3 Å². The van der Waals surface area contributed by atoms with Gasteiger partial charge in [-0.25, -0.2) is 10.2 Å². The van der Waals surface area contributed by atoms with E-state index in [0.29, 0.717) is 17.2 Å². The zero-order chi connectivity index (χ0) is 15.7. The van der Waals surface area contributed by atoms with Crippen molar-refractivity contribution in [2.45, 2.75) is 0 Å². The number of nitrogens with one attached hydrogen (secondary N) is 1. The Kier molecular flexibility index (Phi) is 3.42. The molecule has 2 amide bonds. The predicted octanol–water partition coefficient (Wildman–Crippen LogP) is 2.10. The number of amides is 2. The van der Waals surface area contributed by atoms with E-state index < -0.39 is 6.03 Å². The fourth-order valence-electron chi connectivity index (χ4n) is 2.54. The van der Waals surface area contributed by atoms with E-state index >= 15 is 0 Å². The third kappa shape index (κ3) is 2.24. The summed E-state index contributed by atoms with van der Waals surface area (Å²) in [5.74, 6) is 1.43. The number of urea groups is 1. The van der Waals surface area contributed by atoms with E-state index in [4.69, 9.17) is 15.2 Å². The number of hydrogen-bond acceptors (Lipinski definition) is 4. The maximum atomic E-state index is 11.0. The van der Waals surface area contributed by atoms with Crippen molar-refractivity contribution >= 4 is 11.7 Å². The third-order valence-electron chi connectivity index (χ3n) is 3.53. The van der Waals surface area contributed by atoms with Gasteiger partial charge in [-0.15, -0.1) is 0 Å². The lowest BCUT2D eigenvalue weighted by molar-refractivity contribution is 0.249. The minimum Gasteiger partial charge on any atom is -0.497 e. The molecule has 0 fully saturated rings. The Morgan fingerprint density at radius 2 is 1.45 bits per heavy atom. The van der Waals surface area contributed by atoms with Gasteiger partial charge in [0, 0.05) is 11.1 Å². The van der Waals surface area contributed by atoms with Gasteiger partial charge in [0.1, 0.15) is 11.5 Å². The lowest BCUT2D eigenvalue weighted by atomic mass is 10.1. The van der Waals surface area contributed by atoms with E-state index in [-0.39, 0.29) is 0 Å². The molecular formula is C16H15N3O3. The number of rotatable bonds is 3. The summed E-state index contributed by atoms with van der Waals surface area (Å²) in [5.41, 5.74) is 11.8. The highest BCUT2D eigenvalue weighted by molar-refractivity contribution is 6.25. The predicted molar refractivity (Wildman–Crippen MR) is 83.3 cm³/mol. The molecule has 0 aliphatic heterocycles. The highest BCUT2D eigenvalue weighted by Gasteiger charge is 2.26. The molecular weight excluding hydrogens is 282 g/mol. The van der Waals surface area contributed by atoms with Crippen LogP contribution < -0.4 is 20.6 Å². The largest absolute Gasteiger partial charge is 0.497 e. The smallest absolute Gasteiger partial charge is 0.332 e. The third-order valence-corrected chi connectivity index (χ3v) is 3.53. The van der Waals surface area contributed by atoms with Crippen molar-refractivity contribution in [3.8, 4) is 22.6 Å². The number of ether oxygens (including phenoxy) is 2. The maximum Gasteiger partial charge on any atom is 0.332 e. The Bertz CT molecular complexity index is 729. The van der Waals surface area contributed by atoms with Gasteiger partial charge in [0.25, 0.3) is 0 Å². The van der Waals surface area contributed by atoms with Crippen molar-refractivity contribution in [1.82, 2.24) is 5.43 Å².